The predicted molar refractivity (Wildman–Crippen MR) is 88.7 cm³/mol. The lowest BCUT2D eigenvalue weighted by Crippen LogP contribution is -2.36. The fourth-order valence-corrected chi connectivity index (χ4v) is 2.38. The highest BCUT2D eigenvalue weighted by molar-refractivity contribution is 5.95. The van der Waals surface area contributed by atoms with Crippen LogP contribution in [-0.2, 0) is 4.79 Å². The molecule has 2 aromatic carbocycles. The summed E-state index contributed by atoms with van der Waals surface area (Å²) in [5.41, 5.74) is 2.83. The minimum Gasteiger partial charge on any atom is -0.395 e. The Kier molecular flexibility index (Phi) is 5.69. The minimum absolute atomic E-state index is 0.0116. The van der Waals surface area contributed by atoms with E-state index in [4.69, 9.17) is 5.11 Å². The average Bonchev–Trinajstić information content (AvgIpc) is 2.51. The monoisotopic (exact) mass is 298 g/mol. The number of carbonyl (C=O) groups is 1. The Hall–Kier alpha value is -2.17. The Labute approximate surface area is 131 Å². The van der Waals surface area contributed by atoms with Crippen LogP contribution in [0, 0.1) is 6.92 Å². The lowest BCUT2D eigenvalue weighted by Gasteiger charge is -2.27. The topological polar surface area (TPSA) is 52.6 Å². The van der Waals surface area contributed by atoms with E-state index in [9.17, 15) is 4.79 Å². The standard InChI is InChI=1S/C18H22N2O2/c1-14-8-10-16(11-9-14)19-18(22)17(20(2)12-13-21)15-6-4-3-5-7-15/h3-11,17,21H,12-13H2,1-2H3,(H,19,22). The highest BCUT2D eigenvalue weighted by atomic mass is 16.3. The summed E-state index contributed by atoms with van der Waals surface area (Å²) >= 11 is 0. The SMILES string of the molecule is Cc1ccc(NC(=O)C(c2ccccc2)N(C)CCO)cc1. The number of benzene rings is 2. The van der Waals surface area contributed by atoms with E-state index in [1.165, 1.54) is 0 Å². The molecule has 0 heterocycles. The largest absolute Gasteiger partial charge is 0.395 e. The first-order chi connectivity index (χ1) is 10.6. The van der Waals surface area contributed by atoms with E-state index in [1.807, 2.05) is 73.5 Å². The molecule has 2 rings (SSSR count). The van der Waals surface area contributed by atoms with Crippen molar-refractivity contribution in [1.29, 1.82) is 0 Å². The summed E-state index contributed by atoms with van der Waals surface area (Å²) in [6.45, 7) is 2.45. The fourth-order valence-electron chi connectivity index (χ4n) is 2.38. The second-order valence-corrected chi connectivity index (χ2v) is 5.37. The van der Waals surface area contributed by atoms with Crippen LogP contribution in [0.1, 0.15) is 17.2 Å². The summed E-state index contributed by atoms with van der Waals surface area (Å²) in [6.07, 6.45) is 0. The molecule has 0 fully saturated rings. The number of likely N-dealkylation sites (N-methyl/N-ethyl adjacent to an activating group) is 1. The first-order valence-electron chi connectivity index (χ1n) is 7.35. The highest BCUT2D eigenvalue weighted by Crippen LogP contribution is 2.21. The zero-order valence-electron chi connectivity index (χ0n) is 13.0. The van der Waals surface area contributed by atoms with Crippen molar-refractivity contribution in [3.63, 3.8) is 0 Å². The average molecular weight is 298 g/mol. The van der Waals surface area contributed by atoms with Gasteiger partial charge in [0.25, 0.3) is 0 Å². The van der Waals surface area contributed by atoms with Gasteiger partial charge in [-0.1, -0.05) is 48.0 Å². The number of aliphatic hydroxyl groups is 1. The Morgan fingerprint density at radius 1 is 1.14 bits per heavy atom. The number of aryl methyl sites for hydroxylation is 1. The summed E-state index contributed by atoms with van der Waals surface area (Å²) < 4.78 is 0. The van der Waals surface area contributed by atoms with Crippen molar-refractivity contribution in [1.82, 2.24) is 4.90 Å². The summed E-state index contributed by atoms with van der Waals surface area (Å²) in [5, 5.41) is 12.1. The van der Waals surface area contributed by atoms with Crippen LogP contribution in [0.2, 0.25) is 0 Å². The highest BCUT2D eigenvalue weighted by Gasteiger charge is 2.24. The van der Waals surface area contributed by atoms with Gasteiger partial charge < -0.3 is 10.4 Å². The number of anilines is 1. The maximum absolute atomic E-state index is 12.7. The first kappa shape index (κ1) is 16.2. The zero-order valence-corrected chi connectivity index (χ0v) is 13.0. The van der Waals surface area contributed by atoms with Gasteiger partial charge in [-0.2, -0.15) is 0 Å². The molecule has 0 aliphatic rings. The maximum Gasteiger partial charge on any atom is 0.246 e. The molecule has 2 aromatic rings. The van der Waals surface area contributed by atoms with Crippen molar-refractivity contribution < 1.29 is 9.90 Å². The molecule has 2 N–H and O–H groups in total. The first-order valence-corrected chi connectivity index (χ1v) is 7.35. The molecule has 4 heteroatoms. The maximum atomic E-state index is 12.7. The van der Waals surface area contributed by atoms with Crippen LogP contribution in [0.15, 0.2) is 54.6 Å². The molecule has 0 aliphatic heterocycles. The molecule has 116 valence electrons. The van der Waals surface area contributed by atoms with Gasteiger partial charge in [-0.3, -0.25) is 9.69 Å². The molecule has 1 unspecified atom stereocenters. The molecule has 0 aliphatic carbocycles. The van der Waals surface area contributed by atoms with E-state index in [-0.39, 0.29) is 12.5 Å². The smallest absolute Gasteiger partial charge is 0.246 e. The molecule has 0 spiro atoms. The summed E-state index contributed by atoms with van der Waals surface area (Å²) in [4.78, 5) is 14.5. The molecule has 1 amide bonds. The van der Waals surface area contributed by atoms with Gasteiger partial charge in [0.1, 0.15) is 6.04 Å². The van der Waals surface area contributed by atoms with E-state index < -0.39 is 6.04 Å². The lowest BCUT2D eigenvalue weighted by atomic mass is 10.0. The lowest BCUT2D eigenvalue weighted by molar-refractivity contribution is -0.121. The van der Waals surface area contributed by atoms with Gasteiger partial charge in [-0.25, -0.2) is 0 Å². The van der Waals surface area contributed by atoms with E-state index in [2.05, 4.69) is 5.32 Å². The third kappa shape index (κ3) is 4.16. The zero-order chi connectivity index (χ0) is 15.9. The van der Waals surface area contributed by atoms with Crippen LogP contribution in [0.25, 0.3) is 0 Å². The Morgan fingerprint density at radius 2 is 1.77 bits per heavy atom. The summed E-state index contributed by atoms with van der Waals surface area (Å²) in [6, 6.07) is 16.9. The molecule has 0 radical (unpaired) electrons. The van der Waals surface area contributed by atoms with Gasteiger partial charge in [0.05, 0.1) is 6.61 Å². The van der Waals surface area contributed by atoms with E-state index in [1.54, 1.807) is 0 Å². The van der Waals surface area contributed by atoms with Crippen LogP contribution in [-0.4, -0.2) is 36.1 Å². The van der Waals surface area contributed by atoms with Crippen LogP contribution < -0.4 is 5.32 Å². The number of hydrogen-bond donors (Lipinski definition) is 2. The van der Waals surface area contributed by atoms with Crippen molar-refractivity contribution in [3.8, 4) is 0 Å². The van der Waals surface area contributed by atoms with Gasteiger partial charge in [0.15, 0.2) is 0 Å². The van der Waals surface area contributed by atoms with Crippen LogP contribution >= 0.6 is 0 Å². The van der Waals surface area contributed by atoms with E-state index in [0.717, 1.165) is 16.8 Å². The van der Waals surface area contributed by atoms with Crippen LogP contribution in [0.3, 0.4) is 0 Å². The minimum atomic E-state index is -0.436. The number of aliphatic hydroxyl groups excluding tert-OH is 1. The van der Waals surface area contributed by atoms with Gasteiger partial charge in [-0.05, 0) is 31.7 Å². The number of rotatable bonds is 6. The van der Waals surface area contributed by atoms with Gasteiger partial charge in [0.2, 0.25) is 5.91 Å². The number of nitrogens with one attached hydrogen (secondary N) is 1. The third-order valence-corrected chi connectivity index (χ3v) is 3.58. The van der Waals surface area contributed by atoms with Crippen LogP contribution in [0.4, 0.5) is 5.69 Å². The molecule has 0 bridgehead atoms. The summed E-state index contributed by atoms with van der Waals surface area (Å²) in [7, 11) is 1.84. The van der Waals surface area contributed by atoms with Crippen molar-refractivity contribution in [3.05, 3.63) is 65.7 Å². The quantitative estimate of drug-likeness (QED) is 0.862. The van der Waals surface area contributed by atoms with E-state index in [0.29, 0.717) is 6.54 Å². The second kappa shape index (κ2) is 7.73. The molecule has 0 saturated carbocycles. The molecular weight excluding hydrogens is 276 g/mol. The fraction of sp³-hybridized carbons (Fsp3) is 0.278. The number of amides is 1. The normalized spacial score (nSPS) is 12.2. The molecule has 0 aromatic heterocycles. The van der Waals surface area contributed by atoms with E-state index >= 15 is 0 Å². The number of carbonyl (C=O) groups excluding carboxylic acids is 1. The third-order valence-electron chi connectivity index (χ3n) is 3.58. The number of hydrogen-bond acceptors (Lipinski definition) is 3. The Bertz CT molecular complexity index is 596. The van der Waals surface area contributed by atoms with Crippen molar-refractivity contribution in [2.75, 3.05) is 25.5 Å². The molecule has 1 atom stereocenters. The van der Waals surface area contributed by atoms with Crippen LogP contribution in [0.5, 0.6) is 0 Å². The molecule has 4 nitrogen and oxygen atoms in total. The van der Waals surface area contributed by atoms with Gasteiger partial charge >= 0.3 is 0 Å². The van der Waals surface area contributed by atoms with Gasteiger partial charge in [0, 0.05) is 12.2 Å². The second-order valence-electron chi connectivity index (χ2n) is 5.37. The Morgan fingerprint density at radius 3 is 2.36 bits per heavy atom. The summed E-state index contributed by atoms with van der Waals surface area (Å²) in [5.74, 6) is -0.106. The molecule has 0 saturated heterocycles. The number of nitrogens with zero attached hydrogens (tertiary/aromatic N) is 1. The molecular formula is C18H22N2O2. The van der Waals surface area contributed by atoms with Crippen molar-refractivity contribution in [2.45, 2.75) is 13.0 Å². The molecule has 22 heavy (non-hydrogen) atoms. The predicted octanol–water partition coefficient (Wildman–Crippen LogP) is 2.60. The van der Waals surface area contributed by atoms with Gasteiger partial charge in [-0.15, -0.1) is 0 Å². The van der Waals surface area contributed by atoms with Crippen molar-refractivity contribution in [2.24, 2.45) is 0 Å². The van der Waals surface area contributed by atoms with Crippen molar-refractivity contribution >= 4 is 11.6 Å². The Balaban J connectivity index is 2.20.